The molecule has 1 unspecified atom stereocenters. The number of anilines is 1. The van der Waals surface area contributed by atoms with E-state index in [0.29, 0.717) is 29.8 Å². The minimum absolute atomic E-state index is 0.0451. The van der Waals surface area contributed by atoms with E-state index in [4.69, 9.17) is 16.6 Å². The number of rotatable bonds is 5. The SMILES string of the molecule is CCc1c(Cl)nc(-c2ccccc2)nc1NC1CCN(C(=O)c2ccccn2)C1. The summed E-state index contributed by atoms with van der Waals surface area (Å²) in [5.41, 5.74) is 2.28. The van der Waals surface area contributed by atoms with Crippen LogP contribution in [0.25, 0.3) is 11.4 Å². The molecule has 29 heavy (non-hydrogen) atoms. The van der Waals surface area contributed by atoms with Crippen molar-refractivity contribution in [1.29, 1.82) is 0 Å². The Kier molecular flexibility index (Phi) is 5.71. The van der Waals surface area contributed by atoms with Crippen LogP contribution in [0.1, 0.15) is 29.4 Å². The first-order chi connectivity index (χ1) is 14.2. The molecule has 0 saturated carbocycles. The molecular formula is C22H22ClN5O. The summed E-state index contributed by atoms with van der Waals surface area (Å²) < 4.78 is 0. The summed E-state index contributed by atoms with van der Waals surface area (Å²) >= 11 is 6.47. The molecule has 1 amide bonds. The van der Waals surface area contributed by atoms with Crippen molar-refractivity contribution in [3.63, 3.8) is 0 Å². The zero-order valence-corrected chi connectivity index (χ0v) is 16.9. The minimum atomic E-state index is -0.0451. The van der Waals surface area contributed by atoms with Crippen LogP contribution in [0.3, 0.4) is 0 Å². The molecule has 1 fully saturated rings. The fraction of sp³-hybridized carbons (Fsp3) is 0.273. The van der Waals surface area contributed by atoms with Crippen LogP contribution in [0.4, 0.5) is 5.82 Å². The average molecular weight is 408 g/mol. The van der Waals surface area contributed by atoms with E-state index < -0.39 is 0 Å². The highest BCUT2D eigenvalue weighted by molar-refractivity contribution is 6.30. The Morgan fingerprint density at radius 2 is 1.97 bits per heavy atom. The number of hydrogen-bond donors (Lipinski definition) is 1. The lowest BCUT2D eigenvalue weighted by Gasteiger charge is -2.19. The number of pyridine rings is 1. The zero-order chi connectivity index (χ0) is 20.2. The fourth-order valence-corrected chi connectivity index (χ4v) is 3.82. The molecule has 6 nitrogen and oxygen atoms in total. The van der Waals surface area contributed by atoms with E-state index in [-0.39, 0.29) is 11.9 Å². The maximum Gasteiger partial charge on any atom is 0.272 e. The van der Waals surface area contributed by atoms with E-state index >= 15 is 0 Å². The molecule has 3 aromatic rings. The first-order valence-electron chi connectivity index (χ1n) is 9.74. The number of hydrogen-bond acceptors (Lipinski definition) is 5. The van der Waals surface area contributed by atoms with Crippen molar-refractivity contribution in [1.82, 2.24) is 19.9 Å². The fourth-order valence-electron chi connectivity index (χ4n) is 3.51. The Morgan fingerprint density at radius 1 is 1.17 bits per heavy atom. The van der Waals surface area contributed by atoms with Crippen LogP contribution in [-0.2, 0) is 6.42 Å². The van der Waals surface area contributed by atoms with Crippen molar-refractivity contribution >= 4 is 23.3 Å². The van der Waals surface area contributed by atoms with Gasteiger partial charge < -0.3 is 10.2 Å². The van der Waals surface area contributed by atoms with E-state index in [1.165, 1.54) is 0 Å². The number of nitrogens with one attached hydrogen (secondary N) is 1. The first kappa shape index (κ1) is 19.3. The summed E-state index contributed by atoms with van der Waals surface area (Å²) in [6, 6.07) is 15.3. The zero-order valence-electron chi connectivity index (χ0n) is 16.2. The molecule has 1 saturated heterocycles. The molecule has 148 valence electrons. The number of amides is 1. The Labute approximate surface area is 175 Å². The Balaban J connectivity index is 1.53. The summed E-state index contributed by atoms with van der Waals surface area (Å²) in [4.78, 5) is 27.9. The van der Waals surface area contributed by atoms with Crippen LogP contribution in [0, 0.1) is 0 Å². The van der Waals surface area contributed by atoms with Gasteiger partial charge in [0.1, 0.15) is 16.7 Å². The first-order valence-corrected chi connectivity index (χ1v) is 10.1. The second-order valence-electron chi connectivity index (χ2n) is 6.98. The third kappa shape index (κ3) is 4.22. The van der Waals surface area contributed by atoms with E-state index in [1.54, 1.807) is 18.3 Å². The van der Waals surface area contributed by atoms with Gasteiger partial charge in [-0.05, 0) is 25.0 Å². The van der Waals surface area contributed by atoms with Crippen LogP contribution < -0.4 is 5.32 Å². The van der Waals surface area contributed by atoms with Gasteiger partial charge in [0, 0.05) is 36.5 Å². The Hall–Kier alpha value is -2.99. The lowest BCUT2D eigenvalue weighted by Crippen LogP contribution is -2.32. The van der Waals surface area contributed by atoms with E-state index in [9.17, 15) is 4.79 Å². The number of aromatic nitrogens is 3. The summed E-state index contributed by atoms with van der Waals surface area (Å²) in [6.07, 6.45) is 3.20. The van der Waals surface area contributed by atoms with Crippen molar-refractivity contribution in [2.24, 2.45) is 0 Å². The quantitative estimate of drug-likeness (QED) is 0.645. The van der Waals surface area contributed by atoms with Crippen molar-refractivity contribution < 1.29 is 4.79 Å². The number of carbonyl (C=O) groups excluding carboxylic acids is 1. The van der Waals surface area contributed by atoms with Gasteiger partial charge in [-0.1, -0.05) is 54.9 Å². The van der Waals surface area contributed by atoms with Gasteiger partial charge in [0.05, 0.1) is 0 Å². The molecule has 1 N–H and O–H groups in total. The average Bonchev–Trinajstić information content (AvgIpc) is 3.23. The molecular weight excluding hydrogens is 386 g/mol. The van der Waals surface area contributed by atoms with Gasteiger partial charge >= 0.3 is 0 Å². The van der Waals surface area contributed by atoms with Gasteiger partial charge in [-0.3, -0.25) is 9.78 Å². The molecule has 4 rings (SSSR count). The van der Waals surface area contributed by atoms with Crippen molar-refractivity contribution in [3.8, 4) is 11.4 Å². The largest absolute Gasteiger partial charge is 0.365 e. The molecule has 3 heterocycles. The maximum absolute atomic E-state index is 12.7. The van der Waals surface area contributed by atoms with Crippen LogP contribution in [-0.4, -0.2) is 44.9 Å². The highest BCUT2D eigenvalue weighted by atomic mass is 35.5. The highest BCUT2D eigenvalue weighted by Gasteiger charge is 2.28. The summed E-state index contributed by atoms with van der Waals surface area (Å²) in [5, 5.41) is 3.96. The smallest absolute Gasteiger partial charge is 0.272 e. The predicted molar refractivity (Wildman–Crippen MR) is 114 cm³/mol. The molecule has 0 aliphatic carbocycles. The second-order valence-corrected chi connectivity index (χ2v) is 7.34. The summed E-state index contributed by atoms with van der Waals surface area (Å²) in [6.45, 7) is 3.31. The third-order valence-electron chi connectivity index (χ3n) is 5.04. The van der Waals surface area contributed by atoms with Crippen LogP contribution in [0.5, 0.6) is 0 Å². The lowest BCUT2D eigenvalue weighted by atomic mass is 10.1. The highest BCUT2D eigenvalue weighted by Crippen LogP contribution is 2.28. The molecule has 0 radical (unpaired) electrons. The summed E-state index contributed by atoms with van der Waals surface area (Å²) in [5.74, 6) is 1.29. The van der Waals surface area contributed by atoms with Gasteiger partial charge in [0.2, 0.25) is 0 Å². The second kappa shape index (κ2) is 8.57. The monoisotopic (exact) mass is 407 g/mol. The van der Waals surface area contributed by atoms with Crippen LogP contribution in [0.2, 0.25) is 5.15 Å². The molecule has 0 spiro atoms. The molecule has 7 heteroatoms. The van der Waals surface area contributed by atoms with E-state index in [1.807, 2.05) is 48.2 Å². The van der Waals surface area contributed by atoms with Gasteiger partial charge in [-0.15, -0.1) is 0 Å². The number of carbonyl (C=O) groups is 1. The molecule has 1 aliphatic rings. The number of benzene rings is 1. The van der Waals surface area contributed by atoms with E-state index in [0.717, 1.165) is 29.8 Å². The van der Waals surface area contributed by atoms with Gasteiger partial charge in [-0.2, -0.15) is 0 Å². The van der Waals surface area contributed by atoms with Crippen LogP contribution >= 0.6 is 11.6 Å². The van der Waals surface area contributed by atoms with Crippen LogP contribution in [0.15, 0.2) is 54.7 Å². The third-order valence-corrected chi connectivity index (χ3v) is 5.36. The normalized spacial score (nSPS) is 16.1. The Bertz CT molecular complexity index is 997. The van der Waals surface area contributed by atoms with Gasteiger partial charge in [-0.25, -0.2) is 9.97 Å². The molecule has 1 aliphatic heterocycles. The standard InChI is InChI=1S/C22H22ClN5O/c1-2-17-19(23)26-20(15-8-4-3-5-9-15)27-21(17)25-16-11-13-28(14-16)22(29)18-10-6-7-12-24-18/h3-10,12,16H,2,11,13-14H2,1H3,(H,25,26,27). The molecule has 1 atom stereocenters. The number of halogens is 1. The number of nitrogens with zero attached hydrogens (tertiary/aromatic N) is 4. The van der Waals surface area contributed by atoms with Gasteiger partial charge in [0.25, 0.3) is 5.91 Å². The van der Waals surface area contributed by atoms with Crippen molar-refractivity contribution in [2.45, 2.75) is 25.8 Å². The molecule has 1 aromatic carbocycles. The van der Waals surface area contributed by atoms with Crippen molar-refractivity contribution in [2.75, 3.05) is 18.4 Å². The van der Waals surface area contributed by atoms with Gasteiger partial charge in [0.15, 0.2) is 5.82 Å². The van der Waals surface area contributed by atoms with E-state index in [2.05, 4.69) is 15.3 Å². The minimum Gasteiger partial charge on any atom is -0.365 e. The van der Waals surface area contributed by atoms with Crippen molar-refractivity contribution in [3.05, 3.63) is 71.1 Å². The predicted octanol–water partition coefficient (Wildman–Crippen LogP) is 4.08. The Morgan fingerprint density at radius 3 is 2.69 bits per heavy atom. The number of likely N-dealkylation sites (tertiary alicyclic amines) is 1. The molecule has 0 bridgehead atoms. The summed E-state index contributed by atoms with van der Waals surface area (Å²) in [7, 11) is 0. The molecule has 2 aromatic heterocycles. The maximum atomic E-state index is 12.7. The topological polar surface area (TPSA) is 71.0 Å². The lowest BCUT2D eigenvalue weighted by molar-refractivity contribution is 0.0786.